The Kier molecular flexibility index (Phi) is 3.92. The lowest BCUT2D eigenvalue weighted by Gasteiger charge is -2.37. The third-order valence-corrected chi connectivity index (χ3v) is 5.46. The first-order valence-corrected chi connectivity index (χ1v) is 8.56. The number of hydrogen-bond acceptors (Lipinski definition) is 5. The van der Waals surface area contributed by atoms with Crippen LogP contribution in [-0.4, -0.2) is 10.9 Å². The van der Waals surface area contributed by atoms with E-state index in [0.717, 1.165) is 12.0 Å². The Morgan fingerprint density at radius 1 is 1.19 bits per heavy atom. The van der Waals surface area contributed by atoms with Crippen molar-refractivity contribution in [3.63, 3.8) is 0 Å². The molecule has 0 unspecified atom stereocenters. The number of aromatic carboxylic acids is 1. The van der Waals surface area contributed by atoms with Crippen molar-refractivity contribution in [2.45, 2.75) is 18.4 Å². The van der Waals surface area contributed by atoms with Crippen molar-refractivity contribution < 1.29 is 14.8 Å². The monoisotopic (exact) mass is 369 g/mol. The molecule has 2 aliphatic rings. The number of carboxylic acids is 1. The highest BCUT2D eigenvalue weighted by Gasteiger charge is 2.42. The average molecular weight is 370 g/mol. The third kappa shape index (κ3) is 2.54. The maximum absolute atomic E-state index is 11.5. The zero-order valence-corrected chi connectivity index (χ0v) is 14.3. The number of benzene rings is 2. The van der Waals surface area contributed by atoms with Crippen LogP contribution in [0.3, 0.4) is 0 Å². The van der Waals surface area contributed by atoms with Crippen LogP contribution in [0, 0.1) is 16.0 Å². The number of hydrogen-bond donors (Lipinski definition) is 1. The van der Waals surface area contributed by atoms with E-state index in [1.165, 1.54) is 24.3 Å². The molecule has 0 radical (unpaired) electrons. The normalized spacial score (nSPS) is 23.0. The molecule has 4 rings (SSSR count). The zero-order chi connectivity index (χ0) is 18.4. The van der Waals surface area contributed by atoms with E-state index in [4.69, 9.17) is 11.6 Å². The van der Waals surface area contributed by atoms with Crippen LogP contribution in [0.1, 0.15) is 39.9 Å². The number of carbonyl (C=O) groups is 1. The molecule has 3 atom stereocenters. The molecule has 0 bridgehead atoms. The summed E-state index contributed by atoms with van der Waals surface area (Å²) < 4.78 is 0. The summed E-state index contributed by atoms with van der Waals surface area (Å²) in [6, 6.07) is 9.35. The number of allylic oxidation sites excluding steroid dienone is 2. The van der Waals surface area contributed by atoms with Crippen molar-refractivity contribution in [1.29, 1.82) is 0 Å². The Morgan fingerprint density at radius 3 is 2.58 bits per heavy atom. The lowest BCUT2D eigenvalue weighted by molar-refractivity contribution is -0.385. The molecule has 7 heteroatoms. The van der Waals surface area contributed by atoms with Crippen molar-refractivity contribution in [2.75, 3.05) is 5.32 Å². The summed E-state index contributed by atoms with van der Waals surface area (Å²) in [6.07, 6.45) is 4.79. The van der Waals surface area contributed by atoms with Gasteiger partial charge in [0, 0.05) is 12.0 Å². The van der Waals surface area contributed by atoms with Crippen LogP contribution in [0.25, 0.3) is 0 Å². The van der Waals surface area contributed by atoms with Gasteiger partial charge in [0.25, 0.3) is 5.69 Å². The topological polar surface area (TPSA) is 95.3 Å². The van der Waals surface area contributed by atoms with E-state index in [2.05, 4.69) is 5.32 Å². The Bertz CT molecular complexity index is 939. The fourth-order valence-electron chi connectivity index (χ4n) is 3.97. The highest BCUT2D eigenvalue weighted by atomic mass is 35.5. The molecule has 0 saturated carbocycles. The van der Waals surface area contributed by atoms with Gasteiger partial charge in [-0.15, -0.1) is 0 Å². The van der Waals surface area contributed by atoms with Gasteiger partial charge in [-0.3, -0.25) is 10.1 Å². The number of carboxylic acid groups (broad SMARTS) is 1. The minimum Gasteiger partial charge on any atom is -0.545 e. The van der Waals surface area contributed by atoms with Gasteiger partial charge < -0.3 is 15.2 Å². The van der Waals surface area contributed by atoms with Gasteiger partial charge in [-0.25, -0.2) is 0 Å². The van der Waals surface area contributed by atoms with E-state index in [1.54, 1.807) is 12.1 Å². The molecule has 0 aromatic heterocycles. The number of fused-ring (bicyclic) bond motifs is 3. The average Bonchev–Trinajstić information content (AvgIpc) is 3.11. The Morgan fingerprint density at radius 2 is 1.92 bits per heavy atom. The lowest BCUT2D eigenvalue weighted by Crippen LogP contribution is -2.30. The van der Waals surface area contributed by atoms with E-state index < -0.39 is 5.97 Å². The fourth-order valence-corrected chi connectivity index (χ4v) is 4.19. The maximum Gasteiger partial charge on any atom is 0.275 e. The predicted octanol–water partition coefficient (Wildman–Crippen LogP) is 3.44. The van der Waals surface area contributed by atoms with Crippen LogP contribution in [-0.2, 0) is 0 Å². The highest BCUT2D eigenvalue weighted by Crippen LogP contribution is 2.54. The third-order valence-electron chi connectivity index (χ3n) is 5.15. The molecule has 6 nitrogen and oxygen atoms in total. The summed E-state index contributed by atoms with van der Waals surface area (Å²) in [5.41, 5.74) is 2.26. The first-order chi connectivity index (χ1) is 12.5. The predicted molar refractivity (Wildman–Crippen MR) is 95.2 cm³/mol. The summed E-state index contributed by atoms with van der Waals surface area (Å²) in [5.74, 6) is -1.25. The largest absolute Gasteiger partial charge is 0.545 e. The molecule has 0 saturated heterocycles. The second-order valence-electron chi connectivity index (χ2n) is 6.50. The molecular weight excluding hydrogens is 356 g/mol. The van der Waals surface area contributed by atoms with Gasteiger partial charge in [0.05, 0.1) is 33.2 Å². The van der Waals surface area contributed by atoms with Crippen LogP contribution < -0.4 is 10.4 Å². The maximum atomic E-state index is 11.5. The van der Waals surface area contributed by atoms with E-state index in [-0.39, 0.29) is 34.1 Å². The molecule has 2 aromatic carbocycles. The number of nitrogens with zero attached hydrogens (tertiary/aromatic N) is 1. The first kappa shape index (κ1) is 16.6. The van der Waals surface area contributed by atoms with Crippen LogP contribution in [0.4, 0.5) is 11.4 Å². The van der Waals surface area contributed by atoms with E-state index in [1.807, 2.05) is 12.2 Å². The summed E-state index contributed by atoms with van der Waals surface area (Å²) >= 11 is 6.33. The van der Waals surface area contributed by atoms with E-state index in [9.17, 15) is 20.0 Å². The second-order valence-corrected chi connectivity index (χ2v) is 6.90. The van der Waals surface area contributed by atoms with Crippen LogP contribution in [0.15, 0.2) is 48.6 Å². The minimum absolute atomic E-state index is 0.0594. The van der Waals surface area contributed by atoms with Crippen LogP contribution in [0.5, 0.6) is 0 Å². The number of nitro benzene ring substituents is 1. The quantitative estimate of drug-likeness (QED) is 0.508. The van der Waals surface area contributed by atoms with Gasteiger partial charge in [0.15, 0.2) is 0 Å². The summed E-state index contributed by atoms with van der Waals surface area (Å²) in [5, 5.41) is 26.2. The highest BCUT2D eigenvalue weighted by molar-refractivity contribution is 6.33. The number of halogens is 1. The molecule has 26 heavy (non-hydrogen) atoms. The van der Waals surface area contributed by atoms with Crippen molar-refractivity contribution in [3.8, 4) is 0 Å². The number of carbonyl (C=O) groups excluding carboxylic acids is 1. The van der Waals surface area contributed by atoms with Crippen molar-refractivity contribution >= 4 is 28.9 Å². The van der Waals surface area contributed by atoms with Crippen molar-refractivity contribution in [1.82, 2.24) is 0 Å². The van der Waals surface area contributed by atoms with Gasteiger partial charge in [-0.1, -0.05) is 48.0 Å². The minimum atomic E-state index is -1.22. The van der Waals surface area contributed by atoms with Gasteiger partial charge >= 0.3 is 0 Å². The number of anilines is 1. The van der Waals surface area contributed by atoms with E-state index in [0.29, 0.717) is 16.3 Å². The number of nitrogens with one attached hydrogen (secondary N) is 1. The molecule has 1 heterocycles. The van der Waals surface area contributed by atoms with Crippen LogP contribution in [0.2, 0.25) is 5.02 Å². The summed E-state index contributed by atoms with van der Waals surface area (Å²) in [4.78, 5) is 22.1. The summed E-state index contributed by atoms with van der Waals surface area (Å²) in [6.45, 7) is 0. The number of nitro groups is 1. The second kappa shape index (κ2) is 6.14. The van der Waals surface area contributed by atoms with Gasteiger partial charge in [-0.05, 0) is 29.5 Å². The molecule has 1 aliphatic carbocycles. The van der Waals surface area contributed by atoms with Crippen molar-refractivity contribution in [2.24, 2.45) is 5.92 Å². The Hall–Kier alpha value is -2.86. The van der Waals surface area contributed by atoms with Crippen LogP contribution >= 0.6 is 11.6 Å². The fraction of sp³-hybridized carbons (Fsp3) is 0.211. The standard InChI is InChI=1S/C19H15ClN2O4/c20-14-8-9-15(22(25)26)16-12-2-1-3-13(12)17(21-18(14)16)10-4-6-11(7-5-10)19(23)24/h1-2,4-9,12-13,17,21H,3H2,(H,23,24)/p-1/t12-,13-,17-/m0/s1. The van der Waals surface area contributed by atoms with Crippen molar-refractivity contribution in [3.05, 3.63) is 80.4 Å². The lowest BCUT2D eigenvalue weighted by atomic mass is 9.76. The molecule has 1 aliphatic heterocycles. The molecule has 0 fully saturated rings. The molecule has 2 aromatic rings. The SMILES string of the molecule is O=C([O-])c1ccc([C@@H]2Nc3c(Cl)ccc([N+](=O)[O-])c3[C@H]3C=CC[C@@H]32)cc1. The molecule has 1 N–H and O–H groups in total. The molecular formula is C19H14ClN2O4-. The summed E-state index contributed by atoms with van der Waals surface area (Å²) in [7, 11) is 0. The molecule has 0 spiro atoms. The number of rotatable bonds is 3. The molecule has 0 amide bonds. The van der Waals surface area contributed by atoms with Gasteiger partial charge in [-0.2, -0.15) is 0 Å². The zero-order valence-electron chi connectivity index (χ0n) is 13.5. The Labute approximate surface area is 154 Å². The molecule has 132 valence electrons. The Balaban J connectivity index is 1.81. The first-order valence-electron chi connectivity index (χ1n) is 8.18. The van der Waals surface area contributed by atoms with E-state index >= 15 is 0 Å². The van der Waals surface area contributed by atoms with Gasteiger partial charge in [0.1, 0.15) is 0 Å². The smallest absolute Gasteiger partial charge is 0.275 e. The van der Waals surface area contributed by atoms with Gasteiger partial charge in [0.2, 0.25) is 0 Å².